The van der Waals surface area contributed by atoms with Crippen LogP contribution in [0.5, 0.6) is 5.88 Å². The largest absolute Gasteiger partial charge is 0.476 e. The molecule has 1 fully saturated rings. The molecule has 2 heterocycles. The van der Waals surface area contributed by atoms with Gasteiger partial charge in [0.1, 0.15) is 5.69 Å². The molecule has 2 aromatic heterocycles. The molecule has 8 nitrogen and oxygen atoms in total. The lowest BCUT2D eigenvalue weighted by Crippen LogP contribution is -2.14. The van der Waals surface area contributed by atoms with Gasteiger partial charge in [-0.25, -0.2) is 9.97 Å². The molecule has 8 heteroatoms. The molecule has 0 saturated heterocycles. The van der Waals surface area contributed by atoms with Crippen LogP contribution >= 0.6 is 0 Å². The molecule has 1 saturated carbocycles. The molecule has 1 N–H and O–H groups in total. The van der Waals surface area contributed by atoms with Gasteiger partial charge in [0, 0.05) is 0 Å². The number of ether oxygens (including phenoxy) is 1. The van der Waals surface area contributed by atoms with Crippen LogP contribution in [-0.2, 0) is 0 Å². The second-order valence-electron chi connectivity index (χ2n) is 4.60. The molecule has 20 heavy (non-hydrogen) atoms. The summed E-state index contributed by atoms with van der Waals surface area (Å²) in [4.78, 5) is 23.7. The Morgan fingerprint density at radius 2 is 2.30 bits per heavy atom. The van der Waals surface area contributed by atoms with Gasteiger partial charge >= 0.3 is 6.01 Å². The van der Waals surface area contributed by atoms with Gasteiger partial charge in [-0.05, 0) is 25.7 Å². The Morgan fingerprint density at radius 1 is 1.45 bits per heavy atom. The zero-order valence-electron chi connectivity index (χ0n) is 10.9. The zero-order valence-corrected chi connectivity index (χ0v) is 10.9. The lowest BCUT2D eigenvalue weighted by Gasteiger charge is -2.04. The Labute approximate surface area is 114 Å². The average Bonchev–Trinajstić information content (AvgIpc) is 3.20. The van der Waals surface area contributed by atoms with Crippen molar-refractivity contribution in [1.82, 2.24) is 20.1 Å². The van der Waals surface area contributed by atoms with Gasteiger partial charge in [-0.1, -0.05) is 5.16 Å². The summed E-state index contributed by atoms with van der Waals surface area (Å²) >= 11 is 0. The number of hydrogen-bond acceptors (Lipinski definition) is 7. The van der Waals surface area contributed by atoms with E-state index in [-0.39, 0.29) is 11.7 Å². The molecule has 1 amide bonds. The minimum Gasteiger partial charge on any atom is -0.476 e. The lowest BCUT2D eigenvalue weighted by atomic mass is 10.4. The fourth-order valence-corrected chi connectivity index (χ4v) is 1.50. The molecule has 0 unspecified atom stereocenters. The maximum absolute atomic E-state index is 11.8. The van der Waals surface area contributed by atoms with Gasteiger partial charge in [0.2, 0.25) is 5.88 Å². The monoisotopic (exact) mass is 275 g/mol. The van der Waals surface area contributed by atoms with Gasteiger partial charge in [0.25, 0.3) is 5.91 Å². The van der Waals surface area contributed by atoms with Crippen LogP contribution in [0.25, 0.3) is 0 Å². The maximum atomic E-state index is 11.8. The molecule has 104 valence electrons. The van der Waals surface area contributed by atoms with E-state index in [1.807, 2.05) is 0 Å². The van der Waals surface area contributed by atoms with E-state index in [0.717, 1.165) is 0 Å². The number of carbonyl (C=O) groups excluding carboxylic acids is 1. The molecule has 2 aromatic rings. The quantitative estimate of drug-likeness (QED) is 0.874. The number of nitrogens with one attached hydrogen (secondary N) is 1. The van der Waals surface area contributed by atoms with E-state index < -0.39 is 5.91 Å². The van der Waals surface area contributed by atoms with Gasteiger partial charge in [0.05, 0.1) is 19.0 Å². The number of nitrogens with zero attached hydrogens (tertiary/aromatic N) is 4. The van der Waals surface area contributed by atoms with Crippen molar-refractivity contribution in [2.75, 3.05) is 11.9 Å². The maximum Gasteiger partial charge on any atom is 0.328 e. The minimum atomic E-state index is -0.463. The van der Waals surface area contributed by atoms with Crippen molar-refractivity contribution in [3.8, 4) is 5.88 Å². The van der Waals surface area contributed by atoms with Crippen LogP contribution in [0.1, 0.15) is 29.2 Å². The van der Waals surface area contributed by atoms with Gasteiger partial charge in [-0.15, -0.1) is 0 Å². The van der Waals surface area contributed by atoms with Crippen molar-refractivity contribution >= 4 is 11.9 Å². The second kappa shape index (κ2) is 5.24. The van der Waals surface area contributed by atoms with Crippen LogP contribution in [0.15, 0.2) is 16.9 Å². The molecule has 0 aromatic carbocycles. The molecule has 3 rings (SSSR count). The molecule has 1 aliphatic rings. The molecular formula is C12H13N5O3. The first-order valence-electron chi connectivity index (χ1n) is 6.27. The van der Waals surface area contributed by atoms with E-state index in [0.29, 0.717) is 24.2 Å². The van der Waals surface area contributed by atoms with Gasteiger partial charge in [-0.3, -0.25) is 10.1 Å². The summed E-state index contributed by atoms with van der Waals surface area (Å²) in [5.74, 6) is 1.03. The minimum absolute atomic E-state index is 0.0309. The van der Waals surface area contributed by atoms with E-state index in [1.54, 1.807) is 6.92 Å². The third-order valence-electron chi connectivity index (χ3n) is 2.77. The molecule has 0 bridgehead atoms. The number of aromatic nitrogens is 4. The van der Waals surface area contributed by atoms with Crippen LogP contribution in [0.4, 0.5) is 6.01 Å². The van der Waals surface area contributed by atoms with E-state index in [1.165, 1.54) is 25.2 Å². The zero-order chi connectivity index (χ0) is 13.9. The Hall–Kier alpha value is -2.51. The Morgan fingerprint density at radius 3 is 2.90 bits per heavy atom. The van der Waals surface area contributed by atoms with Crippen LogP contribution in [-0.4, -0.2) is 32.6 Å². The predicted octanol–water partition coefficient (Wildman–Crippen LogP) is 1.21. The highest BCUT2D eigenvalue weighted by Crippen LogP contribution is 2.29. The van der Waals surface area contributed by atoms with Gasteiger partial charge < -0.3 is 9.26 Å². The molecule has 0 radical (unpaired) electrons. The van der Waals surface area contributed by atoms with Crippen molar-refractivity contribution < 1.29 is 14.1 Å². The number of hydrogen-bond donors (Lipinski definition) is 1. The van der Waals surface area contributed by atoms with E-state index >= 15 is 0 Å². The first-order valence-corrected chi connectivity index (χ1v) is 6.27. The first kappa shape index (κ1) is 12.5. The smallest absolute Gasteiger partial charge is 0.328 e. The van der Waals surface area contributed by atoms with Crippen molar-refractivity contribution in [2.24, 2.45) is 5.92 Å². The number of anilines is 1. The predicted molar refractivity (Wildman–Crippen MR) is 67.2 cm³/mol. The average molecular weight is 275 g/mol. The summed E-state index contributed by atoms with van der Waals surface area (Å²) in [6.45, 7) is 2.31. The molecule has 1 aliphatic carbocycles. The highest BCUT2D eigenvalue weighted by Gasteiger charge is 2.22. The summed E-state index contributed by atoms with van der Waals surface area (Å²) in [5.41, 5.74) is 0.152. The number of carbonyl (C=O) groups is 1. The standard InChI is InChI=1S/C12H13N5O3/c1-7-15-12(20-17-7)16-11(18)9-4-14-10(5-13-9)19-6-8-2-3-8/h4-5,8H,2-3,6H2,1H3,(H,15,16,17,18). The summed E-state index contributed by atoms with van der Waals surface area (Å²) in [5, 5.41) is 6.00. The van der Waals surface area contributed by atoms with E-state index in [9.17, 15) is 4.79 Å². The topological polar surface area (TPSA) is 103 Å². The summed E-state index contributed by atoms with van der Waals surface area (Å²) in [6, 6.07) is 0.0309. The molecular weight excluding hydrogens is 262 g/mol. The Kier molecular flexibility index (Phi) is 3.28. The summed E-state index contributed by atoms with van der Waals surface area (Å²) < 4.78 is 10.2. The number of aryl methyl sites for hydroxylation is 1. The summed E-state index contributed by atoms with van der Waals surface area (Å²) in [7, 11) is 0. The van der Waals surface area contributed by atoms with Crippen molar-refractivity contribution in [2.45, 2.75) is 19.8 Å². The third-order valence-corrected chi connectivity index (χ3v) is 2.77. The van der Waals surface area contributed by atoms with Crippen molar-refractivity contribution in [1.29, 1.82) is 0 Å². The van der Waals surface area contributed by atoms with E-state index in [2.05, 4.69) is 25.4 Å². The SMILES string of the molecule is Cc1noc(NC(=O)c2cnc(OCC3CC3)cn2)n1. The fraction of sp³-hybridized carbons (Fsp3) is 0.417. The highest BCUT2D eigenvalue weighted by molar-refractivity contribution is 6.01. The first-order chi connectivity index (χ1) is 9.70. The van der Waals surface area contributed by atoms with Crippen molar-refractivity contribution in [3.63, 3.8) is 0 Å². The van der Waals surface area contributed by atoms with Crippen LogP contribution in [0.3, 0.4) is 0 Å². The fourth-order valence-electron chi connectivity index (χ4n) is 1.50. The Bertz CT molecular complexity index is 606. The number of rotatable bonds is 5. The van der Waals surface area contributed by atoms with Gasteiger partial charge in [0.15, 0.2) is 5.82 Å². The summed E-state index contributed by atoms with van der Waals surface area (Å²) in [6.07, 6.45) is 5.19. The molecule has 0 atom stereocenters. The van der Waals surface area contributed by atoms with Crippen molar-refractivity contribution in [3.05, 3.63) is 23.9 Å². The van der Waals surface area contributed by atoms with Crippen LogP contribution < -0.4 is 10.1 Å². The third kappa shape index (κ3) is 3.08. The lowest BCUT2D eigenvalue weighted by molar-refractivity contribution is 0.101. The van der Waals surface area contributed by atoms with Crippen LogP contribution in [0.2, 0.25) is 0 Å². The van der Waals surface area contributed by atoms with Crippen LogP contribution in [0, 0.1) is 12.8 Å². The van der Waals surface area contributed by atoms with Gasteiger partial charge in [-0.2, -0.15) is 4.98 Å². The highest BCUT2D eigenvalue weighted by atomic mass is 16.5. The number of amides is 1. The molecule has 0 aliphatic heterocycles. The normalized spacial score (nSPS) is 14.1. The molecule has 0 spiro atoms. The van der Waals surface area contributed by atoms with E-state index in [4.69, 9.17) is 9.26 Å². The Balaban J connectivity index is 1.59. The second-order valence-corrected chi connectivity index (χ2v) is 4.60.